The van der Waals surface area contributed by atoms with Gasteiger partial charge in [0.05, 0.1) is 18.1 Å². The van der Waals surface area contributed by atoms with Gasteiger partial charge in [-0.25, -0.2) is 13.1 Å². The smallest absolute Gasteiger partial charge is 0.240 e. The Morgan fingerprint density at radius 2 is 2.00 bits per heavy atom. The van der Waals surface area contributed by atoms with Crippen molar-refractivity contribution in [1.82, 2.24) is 4.72 Å². The molecule has 7 heteroatoms. The van der Waals surface area contributed by atoms with E-state index in [0.29, 0.717) is 44.9 Å². The van der Waals surface area contributed by atoms with Crippen LogP contribution >= 0.6 is 0 Å². The Labute approximate surface area is 126 Å². The SMILES string of the molecule is CCc1ccc(N)cc1S(=O)(=O)NCCCOCCOC. The van der Waals surface area contributed by atoms with Crippen LogP contribution in [0.3, 0.4) is 0 Å². The number of aryl methyl sites for hydroxylation is 1. The predicted molar refractivity (Wildman–Crippen MR) is 82.7 cm³/mol. The summed E-state index contributed by atoms with van der Waals surface area (Å²) in [5.74, 6) is 0. The molecule has 6 nitrogen and oxygen atoms in total. The van der Waals surface area contributed by atoms with E-state index in [1.165, 1.54) is 6.07 Å². The molecule has 3 N–H and O–H groups in total. The Bertz CT molecular complexity index is 532. The molecule has 1 aromatic rings. The number of nitrogen functional groups attached to an aromatic ring is 1. The minimum absolute atomic E-state index is 0.255. The molecule has 0 saturated heterocycles. The van der Waals surface area contributed by atoms with Crippen molar-refractivity contribution in [3.63, 3.8) is 0 Å². The lowest BCUT2D eigenvalue weighted by molar-refractivity contribution is 0.0699. The monoisotopic (exact) mass is 316 g/mol. The highest BCUT2D eigenvalue weighted by Gasteiger charge is 2.17. The number of sulfonamides is 1. The van der Waals surface area contributed by atoms with E-state index in [1.54, 1.807) is 19.2 Å². The van der Waals surface area contributed by atoms with Crippen LogP contribution in [0.15, 0.2) is 23.1 Å². The summed E-state index contributed by atoms with van der Waals surface area (Å²) in [7, 11) is -1.93. The Kier molecular flexibility index (Phi) is 7.66. The van der Waals surface area contributed by atoms with Crippen LogP contribution in [0.25, 0.3) is 0 Å². The van der Waals surface area contributed by atoms with Gasteiger partial charge in [-0.3, -0.25) is 0 Å². The van der Waals surface area contributed by atoms with E-state index < -0.39 is 10.0 Å². The normalized spacial score (nSPS) is 11.7. The number of anilines is 1. The molecule has 0 atom stereocenters. The average molecular weight is 316 g/mol. The van der Waals surface area contributed by atoms with Crippen molar-refractivity contribution in [2.45, 2.75) is 24.7 Å². The molecule has 0 heterocycles. The van der Waals surface area contributed by atoms with Crippen LogP contribution in [-0.2, 0) is 25.9 Å². The van der Waals surface area contributed by atoms with Crippen LogP contribution in [-0.4, -0.2) is 41.9 Å². The van der Waals surface area contributed by atoms with Gasteiger partial charge in [0, 0.05) is 25.9 Å². The highest BCUT2D eigenvalue weighted by atomic mass is 32.2. The highest BCUT2D eigenvalue weighted by Crippen LogP contribution is 2.19. The quantitative estimate of drug-likeness (QED) is 0.499. The van der Waals surface area contributed by atoms with E-state index in [2.05, 4.69) is 4.72 Å². The Morgan fingerprint density at radius 3 is 2.67 bits per heavy atom. The van der Waals surface area contributed by atoms with E-state index in [-0.39, 0.29) is 4.90 Å². The molecule has 1 aromatic carbocycles. The maximum Gasteiger partial charge on any atom is 0.240 e. The number of methoxy groups -OCH3 is 1. The zero-order valence-corrected chi connectivity index (χ0v) is 13.4. The van der Waals surface area contributed by atoms with Crippen LogP contribution in [0.1, 0.15) is 18.9 Å². The van der Waals surface area contributed by atoms with Crippen LogP contribution < -0.4 is 10.5 Å². The fourth-order valence-electron chi connectivity index (χ4n) is 1.82. The van der Waals surface area contributed by atoms with Crippen molar-refractivity contribution in [3.8, 4) is 0 Å². The molecule has 21 heavy (non-hydrogen) atoms. The maximum atomic E-state index is 12.3. The lowest BCUT2D eigenvalue weighted by Crippen LogP contribution is -2.26. The Hall–Kier alpha value is -1.15. The lowest BCUT2D eigenvalue weighted by Gasteiger charge is -2.11. The number of nitrogens with one attached hydrogen (secondary N) is 1. The van der Waals surface area contributed by atoms with Crippen molar-refractivity contribution >= 4 is 15.7 Å². The third-order valence-electron chi connectivity index (χ3n) is 2.95. The highest BCUT2D eigenvalue weighted by molar-refractivity contribution is 7.89. The van der Waals surface area contributed by atoms with Crippen LogP contribution in [0, 0.1) is 0 Å². The van der Waals surface area contributed by atoms with Crippen molar-refractivity contribution in [1.29, 1.82) is 0 Å². The average Bonchev–Trinajstić information content (AvgIpc) is 2.46. The first-order chi connectivity index (χ1) is 10.0. The molecule has 0 amide bonds. The second-order valence-electron chi connectivity index (χ2n) is 4.58. The number of hydrogen-bond acceptors (Lipinski definition) is 5. The topological polar surface area (TPSA) is 90.7 Å². The van der Waals surface area contributed by atoms with Gasteiger partial charge in [0.1, 0.15) is 0 Å². The van der Waals surface area contributed by atoms with Crippen LogP contribution in [0.5, 0.6) is 0 Å². The van der Waals surface area contributed by atoms with E-state index in [9.17, 15) is 8.42 Å². The third kappa shape index (κ3) is 6.01. The summed E-state index contributed by atoms with van der Waals surface area (Å²) in [5.41, 5.74) is 6.88. The second kappa shape index (κ2) is 8.99. The van der Waals surface area contributed by atoms with E-state index >= 15 is 0 Å². The van der Waals surface area contributed by atoms with Gasteiger partial charge in [-0.05, 0) is 30.5 Å². The minimum Gasteiger partial charge on any atom is -0.399 e. The van der Waals surface area contributed by atoms with Crippen LogP contribution in [0.2, 0.25) is 0 Å². The van der Waals surface area contributed by atoms with Gasteiger partial charge in [0.15, 0.2) is 0 Å². The molecule has 0 unspecified atom stereocenters. The van der Waals surface area contributed by atoms with Crippen molar-refractivity contribution in [2.75, 3.05) is 39.2 Å². The summed E-state index contributed by atoms with van der Waals surface area (Å²) in [6.45, 7) is 3.78. The Balaban J connectivity index is 2.52. The van der Waals surface area contributed by atoms with Gasteiger partial charge < -0.3 is 15.2 Å². The lowest BCUT2D eigenvalue weighted by atomic mass is 10.1. The van der Waals surface area contributed by atoms with Gasteiger partial charge in [-0.15, -0.1) is 0 Å². The molecule has 120 valence electrons. The first kappa shape index (κ1) is 17.9. The molecular weight excluding hydrogens is 292 g/mol. The molecule has 0 aliphatic heterocycles. The van der Waals surface area contributed by atoms with E-state index in [4.69, 9.17) is 15.2 Å². The molecular formula is C14H24N2O4S. The Morgan fingerprint density at radius 1 is 1.24 bits per heavy atom. The number of benzene rings is 1. The van der Waals surface area contributed by atoms with Crippen molar-refractivity contribution in [3.05, 3.63) is 23.8 Å². The standard InChI is InChI=1S/C14H24N2O4S/c1-3-12-5-6-13(15)11-14(12)21(17,18)16-7-4-8-20-10-9-19-2/h5-6,11,16H,3-4,7-10,15H2,1-2H3. The molecule has 0 radical (unpaired) electrons. The first-order valence-electron chi connectivity index (χ1n) is 6.96. The van der Waals surface area contributed by atoms with Gasteiger partial charge in [-0.1, -0.05) is 13.0 Å². The van der Waals surface area contributed by atoms with Gasteiger partial charge in [0.25, 0.3) is 0 Å². The first-order valence-corrected chi connectivity index (χ1v) is 8.44. The molecule has 0 saturated carbocycles. The number of hydrogen-bond donors (Lipinski definition) is 2. The summed E-state index contributed by atoms with van der Waals surface area (Å²) in [4.78, 5) is 0.255. The summed E-state index contributed by atoms with van der Waals surface area (Å²) < 4.78 is 37.2. The number of nitrogens with two attached hydrogens (primary N) is 1. The molecule has 0 aromatic heterocycles. The second-order valence-corrected chi connectivity index (χ2v) is 6.31. The largest absolute Gasteiger partial charge is 0.399 e. The fourth-order valence-corrected chi connectivity index (χ4v) is 3.23. The molecule has 0 bridgehead atoms. The number of ether oxygens (including phenoxy) is 2. The fraction of sp³-hybridized carbons (Fsp3) is 0.571. The molecule has 0 aliphatic carbocycles. The molecule has 0 aliphatic rings. The zero-order chi connectivity index (χ0) is 15.7. The number of rotatable bonds is 10. The zero-order valence-electron chi connectivity index (χ0n) is 12.6. The van der Waals surface area contributed by atoms with Gasteiger partial charge >= 0.3 is 0 Å². The van der Waals surface area contributed by atoms with E-state index in [0.717, 1.165) is 5.56 Å². The third-order valence-corrected chi connectivity index (χ3v) is 4.49. The molecule has 1 rings (SSSR count). The van der Waals surface area contributed by atoms with Crippen molar-refractivity contribution < 1.29 is 17.9 Å². The van der Waals surface area contributed by atoms with Crippen LogP contribution in [0.4, 0.5) is 5.69 Å². The van der Waals surface area contributed by atoms with Gasteiger partial charge in [-0.2, -0.15) is 0 Å². The molecule has 0 fully saturated rings. The van der Waals surface area contributed by atoms with Crippen molar-refractivity contribution in [2.24, 2.45) is 0 Å². The molecule has 0 spiro atoms. The summed E-state index contributed by atoms with van der Waals surface area (Å²) in [6, 6.07) is 4.95. The van der Waals surface area contributed by atoms with Gasteiger partial charge in [0.2, 0.25) is 10.0 Å². The predicted octanol–water partition coefficient (Wildman–Crippen LogP) is 1.16. The summed E-state index contributed by atoms with van der Waals surface area (Å²) >= 11 is 0. The summed E-state index contributed by atoms with van der Waals surface area (Å²) in [5, 5.41) is 0. The maximum absolute atomic E-state index is 12.3. The minimum atomic E-state index is -3.53. The summed E-state index contributed by atoms with van der Waals surface area (Å²) in [6.07, 6.45) is 1.24. The van der Waals surface area contributed by atoms with E-state index in [1.807, 2.05) is 6.92 Å².